The molecule has 0 aromatic carbocycles. The zero-order valence-electron chi connectivity index (χ0n) is 16.3. The summed E-state index contributed by atoms with van der Waals surface area (Å²) in [6, 6.07) is 8.09. The van der Waals surface area contributed by atoms with Gasteiger partial charge in [-0.3, -0.25) is 4.79 Å². The van der Waals surface area contributed by atoms with Crippen LogP contribution in [0.25, 0.3) is 10.6 Å². The average Bonchev–Trinajstić information content (AvgIpc) is 3.25. The van der Waals surface area contributed by atoms with Crippen LogP contribution in [0.1, 0.15) is 36.0 Å². The van der Waals surface area contributed by atoms with Gasteiger partial charge in [0.2, 0.25) is 0 Å². The average molecular weight is 401 g/mol. The van der Waals surface area contributed by atoms with Crippen molar-refractivity contribution in [3.8, 4) is 10.6 Å². The SMILES string of the molecule is CN1CCN(c2nc(-c3cccs3)ccc2C(=O)NC2CCC(O)CC2)CC1. The van der Waals surface area contributed by atoms with E-state index < -0.39 is 0 Å². The highest BCUT2D eigenvalue weighted by atomic mass is 32.1. The van der Waals surface area contributed by atoms with Gasteiger partial charge in [-0.1, -0.05) is 6.07 Å². The van der Waals surface area contributed by atoms with Crippen molar-refractivity contribution in [2.45, 2.75) is 37.8 Å². The number of piperazine rings is 1. The second-order valence-corrected chi connectivity index (χ2v) is 8.76. The maximum atomic E-state index is 13.1. The molecule has 4 rings (SSSR count). The van der Waals surface area contributed by atoms with E-state index in [4.69, 9.17) is 4.98 Å². The molecule has 3 heterocycles. The first-order valence-corrected chi connectivity index (χ1v) is 11.0. The maximum absolute atomic E-state index is 13.1. The van der Waals surface area contributed by atoms with E-state index in [-0.39, 0.29) is 18.1 Å². The lowest BCUT2D eigenvalue weighted by Crippen LogP contribution is -2.46. The van der Waals surface area contributed by atoms with Crippen molar-refractivity contribution in [3.05, 3.63) is 35.2 Å². The normalized spacial score (nSPS) is 23.6. The molecule has 0 unspecified atom stereocenters. The van der Waals surface area contributed by atoms with Gasteiger partial charge in [-0.25, -0.2) is 4.98 Å². The monoisotopic (exact) mass is 400 g/mol. The minimum absolute atomic E-state index is 0.0550. The second kappa shape index (κ2) is 8.59. The van der Waals surface area contributed by atoms with Crippen LogP contribution in [0.5, 0.6) is 0 Å². The number of carbonyl (C=O) groups excluding carboxylic acids is 1. The van der Waals surface area contributed by atoms with E-state index in [1.54, 1.807) is 11.3 Å². The molecule has 1 aliphatic carbocycles. The Bertz CT molecular complexity index is 795. The number of rotatable bonds is 4. The van der Waals surface area contributed by atoms with Crippen molar-refractivity contribution in [3.63, 3.8) is 0 Å². The number of hydrogen-bond acceptors (Lipinski definition) is 6. The summed E-state index contributed by atoms with van der Waals surface area (Å²) in [5.74, 6) is 0.730. The summed E-state index contributed by atoms with van der Waals surface area (Å²) in [6.45, 7) is 3.67. The molecule has 1 aliphatic heterocycles. The van der Waals surface area contributed by atoms with Crippen molar-refractivity contribution in [1.82, 2.24) is 15.2 Å². The van der Waals surface area contributed by atoms with Crippen molar-refractivity contribution in [2.24, 2.45) is 0 Å². The summed E-state index contributed by atoms with van der Waals surface area (Å²) in [7, 11) is 2.12. The largest absolute Gasteiger partial charge is 0.393 e. The molecule has 6 nitrogen and oxygen atoms in total. The quantitative estimate of drug-likeness (QED) is 0.826. The number of thiophene rings is 1. The summed E-state index contributed by atoms with van der Waals surface area (Å²) in [4.78, 5) is 23.6. The lowest BCUT2D eigenvalue weighted by Gasteiger charge is -2.34. The fourth-order valence-corrected chi connectivity index (χ4v) is 4.63. The Morgan fingerprint density at radius 3 is 2.57 bits per heavy atom. The number of anilines is 1. The molecule has 28 heavy (non-hydrogen) atoms. The Labute approximate surface area is 170 Å². The lowest BCUT2D eigenvalue weighted by molar-refractivity contribution is 0.0867. The number of aliphatic hydroxyl groups is 1. The van der Waals surface area contributed by atoms with Gasteiger partial charge in [0.15, 0.2) is 0 Å². The molecule has 2 aromatic rings. The molecule has 1 amide bonds. The van der Waals surface area contributed by atoms with E-state index in [2.05, 4.69) is 28.2 Å². The summed E-state index contributed by atoms with van der Waals surface area (Å²) < 4.78 is 0. The third-order valence-electron chi connectivity index (χ3n) is 5.73. The molecule has 2 aromatic heterocycles. The lowest BCUT2D eigenvalue weighted by atomic mass is 9.93. The van der Waals surface area contributed by atoms with Crippen LogP contribution in [-0.4, -0.2) is 66.3 Å². The number of nitrogens with one attached hydrogen (secondary N) is 1. The number of aromatic nitrogens is 1. The third kappa shape index (κ3) is 4.37. The molecule has 150 valence electrons. The Morgan fingerprint density at radius 1 is 1.14 bits per heavy atom. The predicted molar refractivity (Wildman–Crippen MR) is 113 cm³/mol. The van der Waals surface area contributed by atoms with Crippen LogP contribution in [0.15, 0.2) is 29.6 Å². The first kappa shape index (κ1) is 19.4. The zero-order valence-corrected chi connectivity index (χ0v) is 17.1. The van der Waals surface area contributed by atoms with E-state index in [1.807, 2.05) is 23.6 Å². The van der Waals surface area contributed by atoms with Crippen molar-refractivity contribution < 1.29 is 9.90 Å². The Balaban J connectivity index is 1.58. The highest BCUT2D eigenvalue weighted by molar-refractivity contribution is 7.13. The number of nitrogens with zero attached hydrogens (tertiary/aromatic N) is 3. The molecular formula is C21H28N4O2S. The molecule has 2 aliphatic rings. The number of aliphatic hydroxyl groups excluding tert-OH is 1. The van der Waals surface area contributed by atoms with Gasteiger partial charge in [0, 0.05) is 32.2 Å². The summed E-state index contributed by atoms with van der Waals surface area (Å²) in [5, 5.41) is 14.9. The second-order valence-electron chi connectivity index (χ2n) is 7.81. The maximum Gasteiger partial charge on any atom is 0.255 e. The van der Waals surface area contributed by atoms with Crippen LogP contribution in [0.4, 0.5) is 5.82 Å². The molecule has 0 atom stereocenters. The number of amides is 1. The van der Waals surface area contributed by atoms with Gasteiger partial charge in [-0.2, -0.15) is 0 Å². The minimum Gasteiger partial charge on any atom is -0.393 e. The number of hydrogen-bond donors (Lipinski definition) is 2. The van der Waals surface area contributed by atoms with Gasteiger partial charge in [0.25, 0.3) is 5.91 Å². The van der Waals surface area contributed by atoms with Gasteiger partial charge < -0.3 is 20.2 Å². The first-order chi connectivity index (χ1) is 13.6. The van der Waals surface area contributed by atoms with Crippen molar-refractivity contribution in [1.29, 1.82) is 0 Å². The molecule has 0 bridgehead atoms. The third-order valence-corrected chi connectivity index (χ3v) is 6.62. The highest BCUT2D eigenvalue weighted by Crippen LogP contribution is 2.28. The van der Waals surface area contributed by atoms with Gasteiger partial charge in [-0.15, -0.1) is 11.3 Å². The molecule has 2 fully saturated rings. The van der Waals surface area contributed by atoms with Crippen molar-refractivity contribution in [2.75, 3.05) is 38.1 Å². The van der Waals surface area contributed by atoms with Gasteiger partial charge in [-0.05, 0) is 56.3 Å². The Kier molecular flexibility index (Phi) is 5.94. The molecule has 0 spiro atoms. The molecule has 7 heteroatoms. The fourth-order valence-electron chi connectivity index (χ4n) is 3.93. The highest BCUT2D eigenvalue weighted by Gasteiger charge is 2.26. The van der Waals surface area contributed by atoms with Crippen LogP contribution in [0.2, 0.25) is 0 Å². The van der Waals surface area contributed by atoms with Crippen LogP contribution < -0.4 is 10.2 Å². The number of carbonyl (C=O) groups is 1. The van der Waals surface area contributed by atoms with Gasteiger partial charge in [0.05, 0.1) is 22.2 Å². The standard InChI is InChI=1S/C21H28N4O2S/c1-24-10-12-25(13-11-24)20-17(8-9-18(23-20)19-3-2-14-28-19)21(27)22-15-4-6-16(26)7-5-15/h2-3,8-9,14-16,26H,4-7,10-13H2,1H3,(H,22,27). The van der Waals surface area contributed by atoms with Crippen LogP contribution >= 0.6 is 11.3 Å². The van der Waals surface area contributed by atoms with Crippen molar-refractivity contribution >= 4 is 23.1 Å². The number of pyridine rings is 1. The topological polar surface area (TPSA) is 68.7 Å². The predicted octanol–water partition coefficient (Wildman–Crippen LogP) is 2.60. The van der Waals surface area contributed by atoms with E-state index in [0.29, 0.717) is 5.56 Å². The first-order valence-electron chi connectivity index (χ1n) is 10.1. The molecule has 1 saturated carbocycles. The van der Waals surface area contributed by atoms with E-state index in [9.17, 15) is 9.90 Å². The van der Waals surface area contributed by atoms with Crippen LogP contribution in [-0.2, 0) is 0 Å². The van der Waals surface area contributed by atoms with E-state index >= 15 is 0 Å². The molecule has 2 N–H and O–H groups in total. The zero-order chi connectivity index (χ0) is 19.5. The van der Waals surface area contributed by atoms with E-state index in [0.717, 1.165) is 68.3 Å². The summed E-state index contributed by atoms with van der Waals surface area (Å²) >= 11 is 1.66. The molecule has 1 saturated heterocycles. The minimum atomic E-state index is -0.221. The van der Waals surface area contributed by atoms with E-state index in [1.165, 1.54) is 0 Å². The molecular weight excluding hydrogens is 372 g/mol. The smallest absolute Gasteiger partial charge is 0.255 e. The van der Waals surface area contributed by atoms with Gasteiger partial charge >= 0.3 is 0 Å². The summed E-state index contributed by atoms with van der Waals surface area (Å²) in [6.07, 6.45) is 2.95. The fraction of sp³-hybridized carbons (Fsp3) is 0.524. The van der Waals surface area contributed by atoms with Crippen LogP contribution in [0.3, 0.4) is 0 Å². The molecule has 0 radical (unpaired) electrons. The summed E-state index contributed by atoms with van der Waals surface area (Å²) in [5.41, 5.74) is 1.57. The Hall–Kier alpha value is -1.96. The Morgan fingerprint density at radius 2 is 1.89 bits per heavy atom. The van der Waals surface area contributed by atoms with Gasteiger partial charge in [0.1, 0.15) is 5.82 Å². The van der Waals surface area contributed by atoms with Crippen LogP contribution in [0, 0.1) is 0 Å². The number of likely N-dealkylation sites (N-methyl/N-ethyl adjacent to an activating group) is 1.